The molecule has 13 heteroatoms. The van der Waals surface area contributed by atoms with Crippen molar-refractivity contribution >= 4 is 5.97 Å². The average Bonchev–Trinajstić information content (AvgIpc) is 3.01. The molecule has 0 aliphatic heterocycles. The van der Waals surface area contributed by atoms with Crippen LogP contribution in [-0.4, -0.2) is 33.9 Å². The van der Waals surface area contributed by atoms with Crippen molar-refractivity contribution in [1.82, 2.24) is 14.5 Å². The fraction of sp³-hybridized carbons (Fsp3) is 0.281. The monoisotopic (exact) mass is 632 g/mol. The van der Waals surface area contributed by atoms with Crippen LogP contribution in [0.1, 0.15) is 42.6 Å². The molecule has 1 unspecified atom stereocenters. The van der Waals surface area contributed by atoms with E-state index in [1.165, 1.54) is 32.2 Å². The first-order valence-electron chi connectivity index (χ1n) is 14.3. The summed E-state index contributed by atoms with van der Waals surface area (Å²) in [6, 6.07) is 13.9. The summed E-state index contributed by atoms with van der Waals surface area (Å²) in [5, 5.41) is 12.1. The highest BCUT2D eigenvalue weighted by molar-refractivity contribution is 5.68. The molecule has 4 aromatic rings. The molecule has 0 aliphatic rings. The molecule has 3 aromatic carbocycles. The number of carbonyl (C=O) groups is 1. The van der Waals surface area contributed by atoms with Crippen molar-refractivity contribution in [3.63, 3.8) is 0 Å². The first kappa shape index (κ1) is 31.6. The van der Waals surface area contributed by atoms with Crippen LogP contribution in [0.5, 0.6) is 5.75 Å². The predicted octanol–water partition coefficient (Wildman–Crippen LogP) is 5.54. The van der Waals surface area contributed by atoms with Crippen molar-refractivity contribution < 1.29 is 38.0 Å². The van der Waals surface area contributed by atoms with Gasteiger partial charge in [-0.05, 0) is 43.7 Å². The average molecular weight is 633 g/mol. The van der Waals surface area contributed by atoms with Crippen molar-refractivity contribution in [2.75, 3.05) is 13.7 Å². The van der Waals surface area contributed by atoms with E-state index in [0.29, 0.717) is 11.6 Å². The number of hydrogen-bond acceptors (Lipinski definition) is 5. The quantitative estimate of drug-likeness (QED) is 0.199. The summed E-state index contributed by atoms with van der Waals surface area (Å²) in [6.07, 6.45) is -6.55. The number of benzene rings is 3. The lowest BCUT2D eigenvalue weighted by molar-refractivity contribution is -0.138. The molecule has 1 aromatic heterocycles. The third-order valence-corrected chi connectivity index (χ3v) is 7.30. The minimum Gasteiger partial charge on any atom is -0.494 e. The summed E-state index contributed by atoms with van der Waals surface area (Å²) in [5.74, 6) is -3.77. The van der Waals surface area contributed by atoms with Gasteiger partial charge in [0.05, 0.1) is 37.4 Å². The number of aromatic nitrogens is 2. The molecule has 2 atom stereocenters. The molecule has 2 N–H and O–H groups in total. The number of carboxylic acid groups (broad SMARTS) is 1. The minimum absolute atomic E-state index is 0.0175. The highest BCUT2D eigenvalue weighted by atomic mass is 19.4. The van der Waals surface area contributed by atoms with Crippen LogP contribution in [0, 0.1) is 18.6 Å². The molecule has 0 fully saturated rings. The van der Waals surface area contributed by atoms with Crippen LogP contribution in [0.15, 0.2) is 76.3 Å². The topological polar surface area (TPSA) is 103 Å². The SMILES string of the molecule is [2H]C(CCN[C@H](Cn1c(=O)c(-c2cccc(OC)c2F)c(C)n(Cc2c(F)cccc2C(F)(F)F)c1=O)c1ccccc1)C(=O)O. The number of methoxy groups -OCH3 is 1. The standard InChI is InChI=1S/C32H30F5N3O5/c1-19-28(21-11-6-14-26(45-2)29(21)34)30(43)40(18-25(20-9-4-3-5-10-20)38-16-8-15-27(41)42)31(44)39(19)17-22-23(32(35,36)37)12-7-13-24(22)33/h3-7,9-14,25,38H,8,15-18H2,1-2H3,(H,41,42)/t25-/m1/s1/i15D/t15?,25-. The largest absolute Gasteiger partial charge is 0.494 e. The van der Waals surface area contributed by atoms with E-state index >= 15 is 4.39 Å². The Bertz CT molecular complexity index is 1840. The van der Waals surface area contributed by atoms with E-state index < -0.39 is 71.7 Å². The summed E-state index contributed by atoms with van der Waals surface area (Å²) in [5.41, 5.74) is -4.53. The van der Waals surface area contributed by atoms with Crippen molar-refractivity contribution in [2.45, 2.75) is 45.0 Å². The Hall–Kier alpha value is -4.78. The molecule has 0 saturated heterocycles. The Morgan fingerprint density at radius 2 is 1.71 bits per heavy atom. The Balaban J connectivity index is 1.95. The van der Waals surface area contributed by atoms with Gasteiger partial charge in [-0.25, -0.2) is 13.6 Å². The lowest BCUT2D eigenvalue weighted by Gasteiger charge is -2.23. The van der Waals surface area contributed by atoms with Gasteiger partial charge >= 0.3 is 17.8 Å². The summed E-state index contributed by atoms with van der Waals surface area (Å²) in [6.45, 7) is -0.133. The van der Waals surface area contributed by atoms with Gasteiger partial charge in [-0.15, -0.1) is 0 Å². The molecule has 0 saturated carbocycles. The van der Waals surface area contributed by atoms with E-state index in [1.54, 1.807) is 30.3 Å². The summed E-state index contributed by atoms with van der Waals surface area (Å²) in [4.78, 5) is 39.2. The van der Waals surface area contributed by atoms with Crippen molar-refractivity contribution in [3.05, 3.63) is 122 Å². The fourth-order valence-electron chi connectivity index (χ4n) is 5.07. The Kier molecular flexibility index (Phi) is 9.77. The number of carboxylic acids is 1. The van der Waals surface area contributed by atoms with Gasteiger partial charge < -0.3 is 15.2 Å². The molecule has 4 rings (SSSR count). The number of rotatable bonds is 12. The molecular weight excluding hydrogens is 601 g/mol. The van der Waals surface area contributed by atoms with Gasteiger partial charge in [0.2, 0.25) is 0 Å². The maximum absolute atomic E-state index is 15.6. The number of nitrogens with zero attached hydrogens (tertiary/aromatic N) is 2. The Morgan fingerprint density at radius 3 is 2.36 bits per heavy atom. The van der Waals surface area contributed by atoms with Gasteiger partial charge in [0.1, 0.15) is 5.82 Å². The highest BCUT2D eigenvalue weighted by Gasteiger charge is 2.35. The van der Waals surface area contributed by atoms with Crippen LogP contribution >= 0.6 is 0 Å². The number of hydrogen-bond donors (Lipinski definition) is 2. The molecule has 1 heterocycles. The maximum Gasteiger partial charge on any atom is 0.416 e. The van der Waals surface area contributed by atoms with Crippen molar-refractivity contribution in [3.8, 4) is 16.9 Å². The molecule has 0 amide bonds. The predicted molar refractivity (Wildman–Crippen MR) is 156 cm³/mol. The van der Waals surface area contributed by atoms with E-state index in [-0.39, 0.29) is 35.5 Å². The van der Waals surface area contributed by atoms with Gasteiger partial charge in [-0.2, -0.15) is 13.2 Å². The van der Waals surface area contributed by atoms with E-state index in [4.69, 9.17) is 11.2 Å². The summed E-state index contributed by atoms with van der Waals surface area (Å²) >= 11 is 0. The molecule has 45 heavy (non-hydrogen) atoms. The highest BCUT2D eigenvalue weighted by Crippen LogP contribution is 2.34. The second kappa shape index (κ2) is 13.9. The van der Waals surface area contributed by atoms with E-state index in [2.05, 4.69) is 5.32 Å². The van der Waals surface area contributed by atoms with Crippen molar-refractivity contribution in [1.29, 1.82) is 0 Å². The molecule has 0 spiro atoms. The molecular formula is C32H30F5N3O5. The summed E-state index contributed by atoms with van der Waals surface area (Å²) in [7, 11) is 1.20. The van der Waals surface area contributed by atoms with E-state index in [9.17, 15) is 31.9 Å². The first-order valence-corrected chi connectivity index (χ1v) is 13.7. The zero-order valence-electron chi connectivity index (χ0n) is 25.2. The minimum atomic E-state index is -4.97. The number of alkyl halides is 3. The van der Waals surface area contributed by atoms with Gasteiger partial charge in [0.15, 0.2) is 11.6 Å². The second-order valence-corrected chi connectivity index (χ2v) is 10.1. The zero-order chi connectivity index (χ0) is 33.8. The third kappa shape index (κ3) is 7.31. The van der Waals surface area contributed by atoms with E-state index in [0.717, 1.165) is 21.3 Å². The fourth-order valence-corrected chi connectivity index (χ4v) is 5.07. The number of aliphatic carboxylic acids is 1. The van der Waals surface area contributed by atoms with Crippen molar-refractivity contribution in [2.24, 2.45) is 0 Å². The Labute approximate surface area is 255 Å². The molecule has 0 radical (unpaired) electrons. The third-order valence-electron chi connectivity index (χ3n) is 7.30. The van der Waals surface area contributed by atoms with Gasteiger partial charge in [-0.3, -0.25) is 18.7 Å². The van der Waals surface area contributed by atoms with Gasteiger partial charge in [0.25, 0.3) is 5.56 Å². The number of nitrogens with one attached hydrogen (secondary N) is 1. The van der Waals surface area contributed by atoms with E-state index in [1.807, 2.05) is 0 Å². The lowest BCUT2D eigenvalue weighted by Crippen LogP contribution is -2.45. The second-order valence-electron chi connectivity index (χ2n) is 10.1. The summed E-state index contributed by atoms with van der Waals surface area (Å²) < 4.78 is 86.5. The van der Waals surface area contributed by atoms with Crippen LogP contribution in [-0.2, 0) is 24.1 Å². The molecule has 8 nitrogen and oxygen atoms in total. The van der Waals surface area contributed by atoms with Gasteiger partial charge in [0, 0.05) is 24.6 Å². The van der Waals surface area contributed by atoms with Crippen LogP contribution in [0.4, 0.5) is 22.0 Å². The normalized spacial score (nSPS) is 13.3. The zero-order valence-corrected chi connectivity index (χ0v) is 24.2. The van der Waals surface area contributed by atoms with Gasteiger partial charge in [-0.1, -0.05) is 48.5 Å². The molecule has 0 aliphatic carbocycles. The van der Waals surface area contributed by atoms with Crippen LogP contribution in [0.2, 0.25) is 0 Å². The van der Waals surface area contributed by atoms with Crippen LogP contribution < -0.4 is 21.3 Å². The molecule has 0 bridgehead atoms. The Morgan fingerprint density at radius 1 is 1.02 bits per heavy atom. The van der Waals surface area contributed by atoms with Crippen LogP contribution in [0.25, 0.3) is 11.1 Å². The number of halogens is 5. The first-order chi connectivity index (χ1) is 21.8. The number of ether oxygens (including phenoxy) is 1. The smallest absolute Gasteiger partial charge is 0.416 e. The maximum atomic E-state index is 15.6. The van der Waals surface area contributed by atoms with Crippen LogP contribution in [0.3, 0.4) is 0 Å². The lowest BCUT2D eigenvalue weighted by atomic mass is 10.0. The molecule has 238 valence electrons.